The molecule has 0 saturated heterocycles. The van der Waals surface area contributed by atoms with Gasteiger partial charge in [-0.25, -0.2) is 0 Å². The molecule has 2 nitrogen and oxygen atoms in total. The molecule has 1 N–H and O–H groups in total. The molecule has 0 bridgehead atoms. The second-order valence-corrected chi connectivity index (χ2v) is 8.94. The number of hydrogen-bond donors (Lipinski definition) is 1. The molecule has 2 rings (SSSR count). The maximum absolute atomic E-state index is 3.50. The first-order valence-corrected chi connectivity index (χ1v) is 11.3. The summed E-state index contributed by atoms with van der Waals surface area (Å²) < 4.78 is 0. The molecule has 0 aliphatic carbocycles. The summed E-state index contributed by atoms with van der Waals surface area (Å²) in [7, 11) is 0. The Morgan fingerprint density at radius 3 is 2.69 bits per heavy atom. The van der Waals surface area contributed by atoms with Crippen molar-refractivity contribution >= 4 is 17.4 Å². The minimum atomic E-state index is 0.0585. The molecule has 1 heterocycles. The average molecular weight is 407 g/mol. The van der Waals surface area contributed by atoms with E-state index in [0.717, 1.165) is 32.7 Å². The van der Waals surface area contributed by atoms with E-state index in [1.165, 1.54) is 16.7 Å². The summed E-state index contributed by atoms with van der Waals surface area (Å²) in [4.78, 5) is 2.42. The highest BCUT2D eigenvalue weighted by molar-refractivity contribution is 7.08. The Morgan fingerprint density at radius 1 is 1.14 bits per heavy atom. The van der Waals surface area contributed by atoms with Crippen LogP contribution >= 0.6 is 11.3 Å². The molecule has 0 fully saturated rings. The van der Waals surface area contributed by atoms with E-state index in [1.807, 2.05) is 6.08 Å². The first kappa shape index (κ1) is 23.2. The van der Waals surface area contributed by atoms with E-state index in [-0.39, 0.29) is 5.41 Å². The second-order valence-electron chi connectivity index (χ2n) is 8.16. The number of benzene rings is 1. The van der Waals surface area contributed by atoms with Crippen molar-refractivity contribution in [3.63, 3.8) is 0 Å². The van der Waals surface area contributed by atoms with Gasteiger partial charge < -0.3 is 5.32 Å². The minimum absolute atomic E-state index is 0.0585. The van der Waals surface area contributed by atoms with Crippen molar-refractivity contribution in [2.24, 2.45) is 5.41 Å². The summed E-state index contributed by atoms with van der Waals surface area (Å²) in [5.41, 5.74) is 4.02. The van der Waals surface area contributed by atoms with Gasteiger partial charge >= 0.3 is 0 Å². The fourth-order valence-electron chi connectivity index (χ4n) is 2.79. The number of likely N-dealkylation sites (N-methyl/N-ethyl adjacent to an activating group) is 1. The number of rotatable bonds is 10. The topological polar surface area (TPSA) is 15.3 Å². The molecule has 0 spiro atoms. The highest BCUT2D eigenvalue weighted by Crippen LogP contribution is 2.11. The smallest absolute Gasteiger partial charge is 0.0237 e. The Morgan fingerprint density at radius 2 is 1.97 bits per heavy atom. The van der Waals surface area contributed by atoms with Gasteiger partial charge in [-0.2, -0.15) is 11.3 Å². The maximum atomic E-state index is 3.50. The van der Waals surface area contributed by atoms with Gasteiger partial charge in [0.1, 0.15) is 0 Å². The van der Waals surface area contributed by atoms with E-state index in [9.17, 15) is 0 Å². The molecule has 0 unspecified atom stereocenters. The second kappa shape index (κ2) is 12.4. The lowest BCUT2D eigenvalue weighted by molar-refractivity contribution is 0.311. The molecule has 1 aromatic heterocycles. The molecule has 29 heavy (non-hydrogen) atoms. The van der Waals surface area contributed by atoms with Gasteiger partial charge in [-0.1, -0.05) is 61.3 Å². The summed E-state index contributed by atoms with van der Waals surface area (Å²) in [6.07, 6.45) is 8.49. The zero-order chi connectivity index (χ0) is 21.0. The van der Waals surface area contributed by atoms with Crippen LogP contribution in [0.3, 0.4) is 0 Å². The standard InChI is InChI=1S/C26H34N2S/c1-5-28(17-8-6-7-15-26(2,3)4)21-25-12-9-11-24(19-25)20-27-16-10-13-23-14-18-29-22-23/h6,8-14,18-19,22,27H,5,16-17,20-21H2,1-4H3/b8-6+,13-10+. The Bertz CT molecular complexity index is 830. The van der Waals surface area contributed by atoms with Crippen molar-refractivity contribution in [3.8, 4) is 11.8 Å². The Kier molecular flexibility index (Phi) is 9.94. The van der Waals surface area contributed by atoms with Gasteiger partial charge in [-0.05, 0) is 66.9 Å². The molecule has 3 heteroatoms. The molecule has 1 aromatic carbocycles. The molecular weight excluding hydrogens is 372 g/mol. The zero-order valence-corrected chi connectivity index (χ0v) is 19.1. The van der Waals surface area contributed by atoms with Crippen LogP contribution in [-0.4, -0.2) is 24.5 Å². The number of nitrogens with zero attached hydrogens (tertiary/aromatic N) is 1. The third kappa shape index (κ3) is 10.3. The van der Waals surface area contributed by atoms with Gasteiger partial charge in [-0.3, -0.25) is 4.90 Å². The normalized spacial score (nSPS) is 12.0. The predicted octanol–water partition coefficient (Wildman–Crippen LogP) is 5.98. The minimum Gasteiger partial charge on any atom is -0.309 e. The molecule has 0 saturated carbocycles. The first-order valence-electron chi connectivity index (χ1n) is 10.3. The summed E-state index contributed by atoms with van der Waals surface area (Å²) in [5.74, 6) is 6.39. The van der Waals surface area contributed by atoms with E-state index in [0.29, 0.717) is 0 Å². The van der Waals surface area contributed by atoms with Crippen molar-refractivity contribution in [2.75, 3.05) is 19.6 Å². The van der Waals surface area contributed by atoms with Crippen LogP contribution in [0.15, 0.2) is 59.3 Å². The number of nitrogens with one attached hydrogen (secondary N) is 1. The Balaban J connectivity index is 1.79. The monoisotopic (exact) mass is 406 g/mol. The molecule has 0 atom stereocenters. The van der Waals surface area contributed by atoms with Crippen LogP contribution in [-0.2, 0) is 13.1 Å². The first-order chi connectivity index (χ1) is 14.0. The van der Waals surface area contributed by atoms with E-state index in [2.05, 4.69) is 109 Å². The van der Waals surface area contributed by atoms with Crippen molar-refractivity contribution in [1.82, 2.24) is 10.2 Å². The molecule has 0 aliphatic rings. The lowest BCUT2D eigenvalue weighted by atomic mass is 9.98. The van der Waals surface area contributed by atoms with E-state index in [1.54, 1.807) is 11.3 Å². The SMILES string of the molecule is CCN(C/C=C/C#CC(C)(C)C)Cc1cccc(CNC/C=C/c2ccsc2)c1. The Hall–Kier alpha value is -2.12. The third-order valence-corrected chi connectivity index (χ3v) is 5.00. The predicted molar refractivity (Wildman–Crippen MR) is 129 cm³/mol. The third-order valence-electron chi connectivity index (χ3n) is 4.30. The molecule has 2 aromatic rings. The van der Waals surface area contributed by atoms with Crippen molar-refractivity contribution in [3.05, 3.63) is 76.0 Å². The van der Waals surface area contributed by atoms with Gasteiger partial charge in [0.05, 0.1) is 0 Å². The van der Waals surface area contributed by atoms with Gasteiger partial charge in [0, 0.05) is 31.6 Å². The quantitative estimate of drug-likeness (QED) is 0.386. The van der Waals surface area contributed by atoms with E-state index >= 15 is 0 Å². The van der Waals surface area contributed by atoms with E-state index < -0.39 is 0 Å². The van der Waals surface area contributed by atoms with Crippen LogP contribution in [0.5, 0.6) is 0 Å². The maximum Gasteiger partial charge on any atom is 0.0237 e. The van der Waals surface area contributed by atoms with Gasteiger partial charge in [0.25, 0.3) is 0 Å². The fraction of sp³-hybridized carbons (Fsp3) is 0.385. The van der Waals surface area contributed by atoms with Crippen LogP contribution in [0.1, 0.15) is 44.4 Å². The molecule has 154 valence electrons. The van der Waals surface area contributed by atoms with Gasteiger partial charge in [0.2, 0.25) is 0 Å². The highest BCUT2D eigenvalue weighted by atomic mass is 32.1. The Labute approximate surface area is 181 Å². The van der Waals surface area contributed by atoms with Crippen LogP contribution in [0.25, 0.3) is 6.08 Å². The molecular formula is C26H34N2S. The zero-order valence-electron chi connectivity index (χ0n) is 18.2. The van der Waals surface area contributed by atoms with Crippen molar-refractivity contribution in [1.29, 1.82) is 0 Å². The van der Waals surface area contributed by atoms with Crippen LogP contribution in [0.4, 0.5) is 0 Å². The fourth-order valence-corrected chi connectivity index (χ4v) is 3.41. The lowest BCUT2D eigenvalue weighted by Crippen LogP contribution is -2.23. The molecule has 0 aliphatic heterocycles. The van der Waals surface area contributed by atoms with Crippen LogP contribution < -0.4 is 5.32 Å². The van der Waals surface area contributed by atoms with Crippen molar-refractivity contribution in [2.45, 2.75) is 40.8 Å². The summed E-state index contributed by atoms with van der Waals surface area (Å²) in [5, 5.41) is 7.76. The largest absolute Gasteiger partial charge is 0.309 e. The molecule has 0 radical (unpaired) electrons. The number of allylic oxidation sites excluding steroid dienone is 1. The van der Waals surface area contributed by atoms with Gasteiger partial charge in [0.15, 0.2) is 0 Å². The van der Waals surface area contributed by atoms with Crippen molar-refractivity contribution < 1.29 is 0 Å². The van der Waals surface area contributed by atoms with E-state index in [4.69, 9.17) is 0 Å². The van der Waals surface area contributed by atoms with Gasteiger partial charge in [-0.15, -0.1) is 0 Å². The molecule has 0 amide bonds. The van der Waals surface area contributed by atoms with Crippen LogP contribution in [0, 0.1) is 17.3 Å². The number of thiophene rings is 1. The van der Waals surface area contributed by atoms with Crippen LogP contribution in [0.2, 0.25) is 0 Å². The summed E-state index contributed by atoms with van der Waals surface area (Å²) in [6.45, 7) is 13.3. The number of hydrogen-bond acceptors (Lipinski definition) is 3. The highest BCUT2D eigenvalue weighted by Gasteiger charge is 2.04. The summed E-state index contributed by atoms with van der Waals surface area (Å²) in [6, 6.07) is 11.0. The average Bonchev–Trinajstić information content (AvgIpc) is 3.19. The summed E-state index contributed by atoms with van der Waals surface area (Å²) >= 11 is 1.73. The lowest BCUT2D eigenvalue weighted by Gasteiger charge is -2.19.